The third-order valence-corrected chi connectivity index (χ3v) is 11.8. The van der Waals surface area contributed by atoms with Crippen LogP contribution in [0.5, 0.6) is 5.75 Å². The summed E-state index contributed by atoms with van der Waals surface area (Å²) in [5, 5.41) is 12.3. The summed E-state index contributed by atoms with van der Waals surface area (Å²) >= 11 is 0. The minimum absolute atomic E-state index is 0.00149. The number of amides is 2. The third-order valence-electron chi connectivity index (χ3n) is 7.30. The van der Waals surface area contributed by atoms with E-state index in [0.717, 1.165) is 24.1 Å². The molecular weight excluding hydrogens is 424 g/mol. The molecule has 2 aliphatic rings. The molecule has 1 heterocycles. The van der Waals surface area contributed by atoms with Gasteiger partial charge in [0.05, 0.1) is 12.6 Å². The van der Waals surface area contributed by atoms with E-state index in [1.807, 2.05) is 30.0 Å². The molecule has 3 atom stereocenters. The molecule has 2 amide bonds. The minimum Gasteiger partial charge on any atom is -0.491 e. The van der Waals surface area contributed by atoms with E-state index in [2.05, 4.69) is 39.2 Å². The zero-order valence-corrected chi connectivity index (χ0v) is 21.4. The lowest BCUT2D eigenvalue weighted by Crippen LogP contribution is -2.53. The van der Waals surface area contributed by atoms with Gasteiger partial charge in [0.1, 0.15) is 12.4 Å². The van der Waals surface area contributed by atoms with Crippen molar-refractivity contribution in [3.63, 3.8) is 0 Å². The monoisotopic (exact) mass is 462 g/mol. The van der Waals surface area contributed by atoms with Crippen LogP contribution >= 0.6 is 0 Å². The fraction of sp³-hybridized carbons (Fsp3) is 0.667. The van der Waals surface area contributed by atoms with E-state index in [1.54, 1.807) is 6.92 Å². The summed E-state index contributed by atoms with van der Waals surface area (Å²) in [6.07, 6.45) is 1.08. The summed E-state index contributed by atoms with van der Waals surface area (Å²) in [4.78, 5) is 26.0. The summed E-state index contributed by atoms with van der Waals surface area (Å²) in [6.45, 7) is 15.6. The first-order chi connectivity index (χ1) is 14.8. The SMILES string of the molecule is CC(=O)N1c2ccc(OCCO[Si](C)(C)C(C)(C)C)cc2[C@H](NC(=O)O)[C@@H](C)[C@H]1C1CC1. The molecule has 1 aromatic carbocycles. The summed E-state index contributed by atoms with van der Waals surface area (Å²) < 4.78 is 12.2. The number of hydrogen-bond donors (Lipinski definition) is 2. The largest absolute Gasteiger partial charge is 0.491 e. The number of anilines is 1. The van der Waals surface area contributed by atoms with Crippen LogP contribution in [0.3, 0.4) is 0 Å². The number of benzene rings is 1. The number of nitrogens with zero attached hydrogens (tertiary/aromatic N) is 1. The van der Waals surface area contributed by atoms with Crippen molar-refractivity contribution in [2.75, 3.05) is 18.1 Å². The second-order valence-electron chi connectivity index (χ2n) is 10.7. The quantitative estimate of drug-likeness (QED) is 0.431. The Kier molecular flexibility index (Phi) is 6.96. The predicted molar refractivity (Wildman–Crippen MR) is 128 cm³/mol. The Labute approximate surface area is 192 Å². The number of rotatable bonds is 7. The highest BCUT2D eigenvalue weighted by molar-refractivity contribution is 6.74. The number of ether oxygens (including phenoxy) is 1. The summed E-state index contributed by atoms with van der Waals surface area (Å²) in [5.74, 6) is 1.02. The Morgan fingerprint density at radius 2 is 1.88 bits per heavy atom. The molecule has 8 heteroatoms. The second kappa shape index (κ2) is 9.06. The van der Waals surface area contributed by atoms with Crippen molar-refractivity contribution in [2.24, 2.45) is 11.8 Å². The van der Waals surface area contributed by atoms with Crippen LogP contribution in [0.15, 0.2) is 18.2 Å². The number of nitrogens with one attached hydrogen (secondary N) is 1. The van der Waals surface area contributed by atoms with Gasteiger partial charge in [-0.1, -0.05) is 27.7 Å². The van der Waals surface area contributed by atoms with Crippen molar-refractivity contribution in [3.8, 4) is 5.75 Å². The van der Waals surface area contributed by atoms with E-state index >= 15 is 0 Å². The van der Waals surface area contributed by atoms with Crippen LogP contribution in [0.25, 0.3) is 0 Å². The van der Waals surface area contributed by atoms with Crippen LogP contribution in [0.1, 0.15) is 59.1 Å². The maximum atomic E-state index is 12.6. The highest BCUT2D eigenvalue weighted by Crippen LogP contribution is 2.49. The molecule has 0 spiro atoms. The zero-order chi connectivity index (χ0) is 23.8. The maximum Gasteiger partial charge on any atom is 0.405 e. The molecule has 178 valence electrons. The Hall–Kier alpha value is -2.06. The molecule has 7 nitrogen and oxygen atoms in total. The van der Waals surface area contributed by atoms with E-state index in [-0.39, 0.29) is 22.9 Å². The van der Waals surface area contributed by atoms with Crippen molar-refractivity contribution in [3.05, 3.63) is 23.8 Å². The van der Waals surface area contributed by atoms with Gasteiger partial charge in [-0.2, -0.15) is 0 Å². The van der Waals surface area contributed by atoms with Crippen molar-refractivity contribution in [1.29, 1.82) is 0 Å². The lowest BCUT2D eigenvalue weighted by molar-refractivity contribution is -0.117. The van der Waals surface area contributed by atoms with Crippen LogP contribution in [-0.2, 0) is 9.22 Å². The lowest BCUT2D eigenvalue weighted by Gasteiger charge is -2.45. The van der Waals surface area contributed by atoms with Gasteiger partial charge in [0.15, 0.2) is 8.32 Å². The van der Waals surface area contributed by atoms with Gasteiger partial charge in [0.25, 0.3) is 0 Å². The molecule has 2 N–H and O–H groups in total. The topological polar surface area (TPSA) is 88.1 Å². The first-order valence-electron chi connectivity index (χ1n) is 11.5. The van der Waals surface area contributed by atoms with Gasteiger partial charge in [-0.3, -0.25) is 4.79 Å². The van der Waals surface area contributed by atoms with E-state index in [4.69, 9.17) is 9.16 Å². The first kappa shape index (κ1) is 24.6. The Morgan fingerprint density at radius 3 is 2.41 bits per heavy atom. The van der Waals surface area contributed by atoms with E-state index in [0.29, 0.717) is 24.9 Å². The maximum absolute atomic E-state index is 12.6. The van der Waals surface area contributed by atoms with Gasteiger partial charge >= 0.3 is 6.09 Å². The lowest BCUT2D eigenvalue weighted by atomic mass is 9.80. The predicted octanol–water partition coefficient (Wildman–Crippen LogP) is 5.18. The molecule has 0 bridgehead atoms. The van der Waals surface area contributed by atoms with Gasteiger partial charge < -0.3 is 24.5 Å². The van der Waals surface area contributed by atoms with Crippen LogP contribution in [0, 0.1) is 11.8 Å². The Bertz CT molecular complexity index is 862. The average molecular weight is 463 g/mol. The normalized spacial score (nSPS) is 23.5. The molecule has 1 fully saturated rings. The zero-order valence-electron chi connectivity index (χ0n) is 20.4. The van der Waals surface area contributed by atoms with Crippen LogP contribution < -0.4 is 15.0 Å². The summed E-state index contributed by atoms with van der Waals surface area (Å²) in [5.41, 5.74) is 1.56. The Morgan fingerprint density at radius 1 is 1.22 bits per heavy atom. The van der Waals surface area contributed by atoms with Crippen molar-refractivity contribution in [2.45, 2.75) is 77.7 Å². The van der Waals surface area contributed by atoms with E-state index in [9.17, 15) is 14.7 Å². The summed E-state index contributed by atoms with van der Waals surface area (Å²) in [6, 6.07) is 5.23. The first-order valence-corrected chi connectivity index (χ1v) is 14.4. The van der Waals surface area contributed by atoms with Gasteiger partial charge in [-0.15, -0.1) is 0 Å². The highest BCUT2D eigenvalue weighted by Gasteiger charge is 2.48. The second-order valence-corrected chi connectivity index (χ2v) is 15.5. The van der Waals surface area contributed by atoms with Gasteiger partial charge in [-0.25, -0.2) is 4.79 Å². The number of carbonyl (C=O) groups is 2. The molecular formula is C24H38N2O5Si. The van der Waals surface area contributed by atoms with Gasteiger partial charge in [0.2, 0.25) is 5.91 Å². The van der Waals surface area contributed by atoms with Crippen molar-refractivity contribution in [1.82, 2.24) is 5.32 Å². The molecule has 1 saturated carbocycles. The fourth-order valence-electron chi connectivity index (χ4n) is 4.44. The number of hydrogen-bond acceptors (Lipinski definition) is 4. The molecule has 1 aliphatic carbocycles. The van der Waals surface area contributed by atoms with Crippen molar-refractivity contribution >= 4 is 26.0 Å². The number of carbonyl (C=O) groups excluding carboxylic acids is 1. The highest BCUT2D eigenvalue weighted by atomic mass is 28.4. The van der Waals surface area contributed by atoms with E-state index < -0.39 is 20.5 Å². The average Bonchev–Trinajstić information content (AvgIpc) is 3.50. The molecule has 1 aliphatic heterocycles. The molecule has 1 aromatic rings. The molecule has 0 saturated heterocycles. The van der Waals surface area contributed by atoms with Gasteiger partial charge in [-0.05, 0) is 55.1 Å². The standard InChI is InChI=1S/C24H38N2O5Si/c1-15-21(25-23(28)29)19-14-18(30-12-13-31-32(6,7)24(3,4)5)10-11-20(19)26(16(2)27)22(15)17-8-9-17/h10-11,14-15,17,21-22,25H,8-9,12-13H2,1-7H3,(H,28,29)/t15-,21-,22+/m1/s1. The molecule has 0 aromatic heterocycles. The minimum atomic E-state index is -1.84. The molecule has 0 unspecified atom stereocenters. The third kappa shape index (κ3) is 5.12. The van der Waals surface area contributed by atoms with E-state index in [1.165, 1.54) is 0 Å². The molecule has 0 radical (unpaired) electrons. The molecule has 32 heavy (non-hydrogen) atoms. The summed E-state index contributed by atoms with van der Waals surface area (Å²) in [7, 11) is -1.84. The van der Waals surface area contributed by atoms with Crippen LogP contribution in [0.2, 0.25) is 18.1 Å². The fourth-order valence-corrected chi connectivity index (χ4v) is 5.47. The van der Waals surface area contributed by atoms with Crippen molar-refractivity contribution < 1.29 is 23.9 Å². The smallest absolute Gasteiger partial charge is 0.405 e. The molecule has 3 rings (SSSR count). The van der Waals surface area contributed by atoms with Crippen LogP contribution in [-0.4, -0.2) is 44.7 Å². The van der Waals surface area contributed by atoms with Crippen LogP contribution in [0.4, 0.5) is 10.5 Å². The Balaban J connectivity index is 1.81. The number of carboxylic acid groups (broad SMARTS) is 1. The van der Waals surface area contributed by atoms with Gasteiger partial charge in [0, 0.05) is 30.1 Å². The number of fused-ring (bicyclic) bond motifs is 1.